The Morgan fingerprint density at radius 3 is 2.22 bits per heavy atom. The summed E-state index contributed by atoms with van der Waals surface area (Å²) >= 11 is 0. The number of carbonyl (C=O) groups excluding carboxylic acids is 1. The van der Waals surface area contributed by atoms with Gasteiger partial charge in [-0.1, -0.05) is 0 Å². The fraction of sp³-hybridized carbons (Fsp3) is 0.158. The van der Waals surface area contributed by atoms with Crippen LogP contribution in [0.25, 0.3) is 22.8 Å². The summed E-state index contributed by atoms with van der Waals surface area (Å²) in [6.07, 6.45) is -4.46. The molecule has 0 aliphatic rings. The van der Waals surface area contributed by atoms with Crippen molar-refractivity contribution in [2.75, 3.05) is 6.61 Å². The van der Waals surface area contributed by atoms with E-state index < -0.39 is 17.7 Å². The van der Waals surface area contributed by atoms with E-state index in [1.54, 1.807) is 6.92 Å². The van der Waals surface area contributed by atoms with Gasteiger partial charge in [0.05, 0.1) is 12.2 Å². The number of rotatable bonds is 4. The molecule has 0 aliphatic carbocycles. The molecule has 0 saturated carbocycles. The third kappa shape index (κ3) is 3.94. The molecule has 1 N–H and O–H groups in total. The molecule has 0 amide bonds. The summed E-state index contributed by atoms with van der Waals surface area (Å²) in [6, 6.07) is 10.1. The van der Waals surface area contributed by atoms with Gasteiger partial charge in [0.25, 0.3) is 0 Å². The van der Waals surface area contributed by atoms with E-state index in [-0.39, 0.29) is 35.3 Å². The number of esters is 1. The fourth-order valence-electron chi connectivity index (χ4n) is 2.39. The highest BCUT2D eigenvalue weighted by Crippen LogP contribution is 2.34. The van der Waals surface area contributed by atoms with Gasteiger partial charge in [0.1, 0.15) is 5.75 Å². The predicted octanol–water partition coefficient (Wildman–Crippen LogP) is 4.91. The summed E-state index contributed by atoms with van der Waals surface area (Å²) in [5, 5.41) is 9.41. The lowest BCUT2D eigenvalue weighted by Crippen LogP contribution is -2.06. The first kappa shape index (κ1) is 18.5. The van der Waals surface area contributed by atoms with Crippen LogP contribution in [0.3, 0.4) is 0 Å². The van der Waals surface area contributed by atoms with Crippen molar-refractivity contribution >= 4 is 5.97 Å². The maximum atomic E-state index is 12.7. The number of nitrogens with zero attached hydrogens (tertiary/aromatic N) is 1. The van der Waals surface area contributed by atoms with Gasteiger partial charge in [-0.2, -0.15) is 13.2 Å². The summed E-state index contributed by atoms with van der Waals surface area (Å²) < 4.78 is 48.8. The molecule has 0 atom stereocenters. The first-order valence-electron chi connectivity index (χ1n) is 7.94. The lowest BCUT2D eigenvalue weighted by molar-refractivity contribution is -0.137. The number of ether oxygens (including phenoxy) is 1. The molecule has 0 unspecified atom stereocenters. The molecule has 5 nitrogen and oxygen atoms in total. The van der Waals surface area contributed by atoms with Gasteiger partial charge in [-0.15, -0.1) is 0 Å². The maximum absolute atomic E-state index is 12.7. The summed E-state index contributed by atoms with van der Waals surface area (Å²) in [6.45, 7) is 1.76. The molecule has 0 aliphatic heterocycles. The number of oxazole rings is 1. The second-order valence-electron chi connectivity index (χ2n) is 5.54. The zero-order chi connectivity index (χ0) is 19.6. The highest BCUT2D eigenvalue weighted by molar-refractivity contribution is 5.94. The van der Waals surface area contributed by atoms with Crippen LogP contribution in [-0.2, 0) is 10.9 Å². The minimum Gasteiger partial charge on any atom is -0.508 e. The van der Waals surface area contributed by atoms with E-state index in [2.05, 4.69) is 4.98 Å². The fourth-order valence-corrected chi connectivity index (χ4v) is 2.39. The molecule has 0 saturated heterocycles. The molecule has 8 heteroatoms. The third-order valence-corrected chi connectivity index (χ3v) is 3.68. The van der Waals surface area contributed by atoms with Gasteiger partial charge in [-0.05, 0) is 55.5 Å². The molecule has 3 aromatic rings. The number of alkyl halides is 3. The highest BCUT2D eigenvalue weighted by Gasteiger charge is 2.30. The Morgan fingerprint density at radius 1 is 1.07 bits per heavy atom. The highest BCUT2D eigenvalue weighted by atomic mass is 19.4. The van der Waals surface area contributed by atoms with Crippen molar-refractivity contribution in [3.63, 3.8) is 0 Å². The number of aromatic hydroxyl groups is 1. The number of carbonyl (C=O) groups is 1. The summed E-state index contributed by atoms with van der Waals surface area (Å²) in [4.78, 5) is 16.3. The Labute approximate surface area is 152 Å². The third-order valence-electron chi connectivity index (χ3n) is 3.68. The molecule has 0 bridgehead atoms. The van der Waals surface area contributed by atoms with E-state index in [9.17, 15) is 23.1 Å². The quantitative estimate of drug-likeness (QED) is 0.654. The number of phenolic OH excluding ortho intramolecular Hbond substituents is 1. The molecule has 1 heterocycles. The molecular formula is C19H14F3NO4. The predicted molar refractivity (Wildman–Crippen MR) is 90.0 cm³/mol. The van der Waals surface area contributed by atoms with E-state index in [1.165, 1.54) is 36.4 Å². The van der Waals surface area contributed by atoms with E-state index in [1.807, 2.05) is 0 Å². The zero-order valence-corrected chi connectivity index (χ0v) is 14.1. The Bertz CT molecular complexity index is 945. The van der Waals surface area contributed by atoms with Gasteiger partial charge in [0.2, 0.25) is 5.89 Å². The summed E-state index contributed by atoms with van der Waals surface area (Å²) in [7, 11) is 0. The van der Waals surface area contributed by atoms with E-state index in [0.29, 0.717) is 5.56 Å². The number of hydrogen-bond donors (Lipinski definition) is 1. The van der Waals surface area contributed by atoms with Gasteiger partial charge in [-0.3, -0.25) is 0 Å². The standard InChI is InChI=1S/C19H14F3NO4/c1-2-26-18(25)15-16(11-5-9-14(24)10-6-11)27-17(23-15)12-3-7-13(8-4-12)19(20,21)22/h3-10,24H,2H2,1H3. The lowest BCUT2D eigenvalue weighted by atomic mass is 10.1. The monoisotopic (exact) mass is 377 g/mol. The largest absolute Gasteiger partial charge is 0.508 e. The van der Waals surface area contributed by atoms with Gasteiger partial charge in [0.15, 0.2) is 11.5 Å². The van der Waals surface area contributed by atoms with Crippen LogP contribution < -0.4 is 0 Å². The second-order valence-corrected chi connectivity index (χ2v) is 5.54. The van der Waals surface area contributed by atoms with Crippen LogP contribution in [0.2, 0.25) is 0 Å². The molecule has 0 radical (unpaired) electrons. The van der Waals surface area contributed by atoms with Crippen molar-refractivity contribution in [2.45, 2.75) is 13.1 Å². The normalized spacial score (nSPS) is 11.4. The first-order valence-corrected chi connectivity index (χ1v) is 7.94. The number of phenols is 1. The molecule has 140 valence electrons. The number of hydrogen-bond acceptors (Lipinski definition) is 5. The van der Waals surface area contributed by atoms with Crippen molar-refractivity contribution in [3.8, 4) is 28.5 Å². The minimum absolute atomic E-state index is 0.0187. The lowest BCUT2D eigenvalue weighted by Gasteiger charge is -2.06. The van der Waals surface area contributed by atoms with Gasteiger partial charge >= 0.3 is 12.1 Å². The van der Waals surface area contributed by atoms with Crippen LogP contribution in [0.5, 0.6) is 5.75 Å². The average molecular weight is 377 g/mol. The summed E-state index contributed by atoms with van der Waals surface area (Å²) in [5.41, 5.74) is -0.167. The SMILES string of the molecule is CCOC(=O)c1nc(-c2ccc(C(F)(F)F)cc2)oc1-c1ccc(O)cc1. The molecule has 1 aromatic heterocycles. The van der Waals surface area contributed by atoms with Crippen LogP contribution in [-0.4, -0.2) is 22.7 Å². The van der Waals surface area contributed by atoms with Gasteiger partial charge < -0.3 is 14.3 Å². The molecule has 3 rings (SSSR count). The van der Waals surface area contributed by atoms with Crippen LogP contribution >= 0.6 is 0 Å². The molecule has 2 aromatic carbocycles. The average Bonchev–Trinajstić information content (AvgIpc) is 3.07. The number of benzene rings is 2. The summed E-state index contributed by atoms with van der Waals surface area (Å²) in [5.74, 6) is -0.611. The van der Waals surface area contributed by atoms with Crippen molar-refractivity contribution in [3.05, 3.63) is 59.8 Å². The molecule has 0 fully saturated rings. The van der Waals surface area contributed by atoms with Crippen molar-refractivity contribution in [1.82, 2.24) is 4.98 Å². The van der Waals surface area contributed by atoms with Crippen molar-refractivity contribution in [1.29, 1.82) is 0 Å². The second kappa shape index (κ2) is 7.14. The zero-order valence-electron chi connectivity index (χ0n) is 14.1. The van der Waals surface area contributed by atoms with Crippen LogP contribution in [0, 0.1) is 0 Å². The van der Waals surface area contributed by atoms with Crippen LogP contribution in [0.4, 0.5) is 13.2 Å². The maximum Gasteiger partial charge on any atom is 0.416 e. The Morgan fingerprint density at radius 2 is 1.67 bits per heavy atom. The Hall–Kier alpha value is -3.29. The van der Waals surface area contributed by atoms with Crippen LogP contribution in [0.15, 0.2) is 52.9 Å². The van der Waals surface area contributed by atoms with E-state index in [0.717, 1.165) is 12.1 Å². The topological polar surface area (TPSA) is 72.6 Å². The number of halogens is 3. The van der Waals surface area contributed by atoms with Crippen LogP contribution in [0.1, 0.15) is 23.0 Å². The molecular weight excluding hydrogens is 363 g/mol. The van der Waals surface area contributed by atoms with E-state index >= 15 is 0 Å². The first-order chi connectivity index (χ1) is 12.8. The Balaban J connectivity index is 2.05. The van der Waals surface area contributed by atoms with E-state index in [4.69, 9.17) is 9.15 Å². The number of aromatic nitrogens is 1. The van der Waals surface area contributed by atoms with Gasteiger partial charge in [-0.25, -0.2) is 9.78 Å². The molecule has 27 heavy (non-hydrogen) atoms. The minimum atomic E-state index is -4.46. The smallest absolute Gasteiger partial charge is 0.416 e. The van der Waals surface area contributed by atoms with Crippen molar-refractivity contribution < 1.29 is 32.2 Å². The van der Waals surface area contributed by atoms with Crippen molar-refractivity contribution in [2.24, 2.45) is 0 Å². The van der Waals surface area contributed by atoms with Gasteiger partial charge in [0, 0.05) is 11.1 Å². The molecule has 0 spiro atoms. The Kier molecular flexibility index (Phi) is 4.89.